The Hall–Kier alpha value is -5.48. The van der Waals surface area contributed by atoms with E-state index in [2.05, 4.69) is 12.6 Å². The Kier molecular flexibility index (Phi) is 7.80. The van der Waals surface area contributed by atoms with Crippen molar-refractivity contribution < 1.29 is 22.7 Å². The van der Waals surface area contributed by atoms with Crippen LogP contribution in [0.1, 0.15) is 57.2 Å². The Morgan fingerprint density at radius 1 is 1.10 bits per heavy atom. The summed E-state index contributed by atoms with van der Waals surface area (Å²) in [6, 6.07) is 11.0. The predicted octanol–water partition coefficient (Wildman–Crippen LogP) is 8.83. The normalized spacial score (nSPS) is 21.2. The number of benzene rings is 2. The minimum Gasteiger partial charge on any atom is -0.489 e. The number of carbonyl (C=O) groups excluding carboxylic acids is 1. The number of rotatable bonds is 6. The molecule has 1 saturated carbocycles. The average molecular weight is 722 g/mol. The zero-order valence-corrected chi connectivity index (χ0v) is 30.0. The second-order valence-corrected chi connectivity index (χ2v) is 15.0. The summed E-state index contributed by atoms with van der Waals surface area (Å²) in [5, 5.41) is 16.0. The van der Waals surface area contributed by atoms with Gasteiger partial charge in [0.25, 0.3) is 0 Å². The molecule has 5 heterocycles. The van der Waals surface area contributed by atoms with E-state index in [1.54, 1.807) is 17.9 Å². The van der Waals surface area contributed by atoms with Crippen molar-refractivity contribution in [2.75, 3.05) is 6.54 Å². The van der Waals surface area contributed by atoms with Crippen molar-refractivity contribution >= 4 is 38.4 Å². The number of nitriles is 1. The summed E-state index contributed by atoms with van der Waals surface area (Å²) in [5.74, 6) is -1.96. The van der Waals surface area contributed by atoms with Gasteiger partial charge in [-0.3, -0.25) is 9.48 Å². The maximum Gasteiger partial charge on any atom is 0.246 e. The molecule has 2 aliphatic rings. The van der Waals surface area contributed by atoms with Crippen LogP contribution < -0.4 is 4.74 Å². The summed E-state index contributed by atoms with van der Waals surface area (Å²) in [4.78, 5) is 24.4. The summed E-state index contributed by atoms with van der Waals surface area (Å²) in [7, 11) is 1.93. The number of aryl methyl sites for hydroxylation is 2. The van der Waals surface area contributed by atoms with E-state index in [-0.39, 0.29) is 39.9 Å². The molecule has 1 fully saturated rings. The van der Waals surface area contributed by atoms with Crippen LogP contribution in [0.5, 0.6) is 5.75 Å². The van der Waals surface area contributed by atoms with Gasteiger partial charge in [-0.1, -0.05) is 12.6 Å². The fourth-order valence-corrected chi connectivity index (χ4v) is 8.56. The molecule has 1 amide bonds. The van der Waals surface area contributed by atoms with Crippen molar-refractivity contribution in [3.8, 4) is 45.6 Å². The van der Waals surface area contributed by atoms with E-state index >= 15 is 8.78 Å². The minimum atomic E-state index is -0.959. The van der Waals surface area contributed by atoms with Crippen LogP contribution in [0.25, 0.3) is 54.9 Å². The van der Waals surface area contributed by atoms with Gasteiger partial charge in [0.2, 0.25) is 5.91 Å². The summed E-state index contributed by atoms with van der Waals surface area (Å²) in [5.41, 5.74) is 3.22. The second kappa shape index (κ2) is 12.1. The highest BCUT2D eigenvalue weighted by molar-refractivity contribution is 7.17. The fourth-order valence-electron chi connectivity index (χ4n) is 7.63. The van der Waals surface area contributed by atoms with Gasteiger partial charge in [0, 0.05) is 60.5 Å². The molecule has 1 aliphatic heterocycles. The molecule has 0 spiro atoms. The van der Waals surface area contributed by atoms with Crippen molar-refractivity contribution in [2.24, 2.45) is 12.5 Å². The molecule has 0 N–H and O–H groups in total. The van der Waals surface area contributed by atoms with E-state index < -0.39 is 35.0 Å². The van der Waals surface area contributed by atoms with E-state index in [1.165, 1.54) is 11.5 Å². The number of hydrogen-bond donors (Lipinski definition) is 0. The lowest BCUT2D eigenvalue weighted by Gasteiger charge is -2.39. The van der Waals surface area contributed by atoms with Gasteiger partial charge < -0.3 is 14.2 Å². The number of halogens is 3. The number of fused-ring (bicyclic) bond motifs is 3. The highest BCUT2D eigenvalue weighted by atomic mass is 32.1. The molecule has 1 aliphatic carbocycles. The van der Waals surface area contributed by atoms with Gasteiger partial charge in [-0.15, -0.1) is 11.3 Å². The lowest BCUT2D eigenvalue weighted by molar-refractivity contribution is -0.129. The molecule has 0 bridgehead atoms. The van der Waals surface area contributed by atoms with Gasteiger partial charge in [-0.2, -0.15) is 10.4 Å². The van der Waals surface area contributed by atoms with Gasteiger partial charge in [-0.05, 0) is 52.0 Å². The maximum absolute atomic E-state index is 16.4. The first-order valence-corrected chi connectivity index (χ1v) is 17.8. The van der Waals surface area contributed by atoms with Crippen LogP contribution in [-0.2, 0) is 11.8 Å². The van der Waals surface area contributed by atoms with Gasteiger partial charge in [0.1, 0.15) is 46.5 Å². The molecule has 4 aromatic heterocycles. The third kappa shape index (κ3) is 5.19. The van der Waals surface area contributed by atoms with Crippen LogP contribution >= 0.6 is 11.3 Å². The number of thiophene rings is 1. The fraction of sp³-hybridized carbons (Fsp3) is 0.308. The summed E-state index contributed by atoms with van der Waals surface area (Å²) >= 11 is 1.13. The smallest absolute Gasteiger partial charge is 0.246 e. The van der Waals surface area contributed by atoms with Crippen molar-refractivity contribution in [1.29, 1.82) is 5.26 Å². The number of hydrogen-bond acceptors (Lipinski definition) is 7. The summed E-state index contributed by atoms with van der Waals surface area (Å²) < 4.78 is 58.2. The number of carbonyl (C=O) groups is 1. The van der Waals surface area contributed by atoms with Crippen molar-refractivity contribution in [3.63, 3.8) is 0 Å². The first kappa shape index (κ1) is 33.7. The quantitative estimate of drug-likeness (QED) is 0.159. The molecule has 9 nitrogen and oxygen atoms in total. The highest BCUT2D eigenvalue weighted by Crippen LogP contribution is 2.50. The Morgan fingerprint density at radius 2 is 1.87 bits per heavy atom. The molecular weight excluding hydrogens is 688 g/mol. The Morgan fingerprint density at radius 3 is 2.60 bits per heavy atom. The van der Waals surface area contributed by atoms with E-state index in [0.29, 0.717) is 46.7 Å². The lowest BCUT2D eigenvalue weighted by atomic mass is 9.69. The minimum absolute atomic E-state index is 0.0666. The zero-order chi connectivity index (χ0) is 36.8. The van der Waals surface area contributed by atoms with Crippen molar-refractivity contribution in [2.45, 2.75) is 58.7 Å². The first-order valence-electron chi connectivity index (χ1n) is 16.9. The second-order valence-electron chi connectivity index (χ2n) is 14.1. The molecule has 264 valence electrons. The molecular formula is C39H34F3N7O2S. The van der Waals surface area contributed by atoms with Crippen LogP contribution in [-0.4, -0.2) is 47.8 Å². The predicted molar refractivity (Wildman–Crippen MR) is 193 cm³/mol. The third-order valence-electron chi connectivity index (χ3n) is 10.5. The zero-order valence-electron chi connectivity index (χ0n) is 29.2. The molecule has 0 radical (unpaired) electrons. The van der Waals surface area contributed by atoms with E-state index in [1.807, 2.05) is 55.3 Å². The third-order valence-corrected chi connectivity index (χ3v) is 11.4. The summed E-state index contributed by atoms with van der Waals surface area (Å²) in [6.45, 7) is 11.6. The Bertz CT molecular complexity index is 2520. The van der Waals surface area contributed by atoms with Crippen LogP contribution in [0.2, 0.25) is 0 Å². The van der Waals surface area contributed by atoms with Gasteiger partial charge in [-0.25, -0.2) is 23.1 Å². The van der Waals surface area contributed by atoms with Gasteiger partial charge in [0.05, 0.1) is 56.3 Å². The maximum atomic E-state index is 16.4. The number of aromatic nitrogens is 5. The molecule has 52 heavy (non-hydrogen) atoms. The molecule has 8 rings (SSSR count). The van der Waals surface area contributed by atoms with Gasteiger partial charge in [0.15, 0.2) is 0 Å². The number of imidazole rings is 1. The monoisotopic (exact) mass is 721 g/mol. The van der Waals surface area contributed by atoms with E-state index in [4.69, 9.17) is 19.8 Å². The molecule has 6 aromatic rings. The molecule has 0 unspecified atom stereocenters. The van der Waals surface area contributed by atoms with Crippen LogP contribution in [0, 0.1) is 41.1 Å². The average Bonchev–Trinajstić information content (AvgIpc) is 3.80. The molecule has 13 heteroatoms. The number of amides is 1. The topological polar surface area (TPSA) is 102 Å². The highest BCUT2D eigenvalue weighted by Gasteiger charge is 2.43. The standard InChI is InChI=1S/C39H34F3N7O2S/c1-7-32(50)48-16-19(2)49-30(20(48)3)13-28(46-49)37-35(33-25(41)11-23(40)12-31(33)51-24-14-39(5,15-24)18-43)34-26(42)17-52-38(34)36(45-37)22-8-9-29-27(10-22)44-21(4)47(29)6/h7-13,17,19-20,24H,1,14-16H2,2-6H3/t19-,20+,24?,39?/m0/s1. The van der Waals surface area contributed by atoms with Crippen molar-refractivity contribution in [1.82, 2.24) is 29.2 Å². The van der Waals surface area contributed by atoms with Crippen LogP contribution in [0.4, 0.5) is 13.2 Å². The van der Waals surface area contributed by atoms with Crippen LogP contribution in [0.3, 0.4) is 0 Å². The van der Waals surface area contributed by atoms with E-state index in [9.17, 15) is 14.4 Å². The Balaban J connectivity index is 1.41. The van der Waals surface area contributed by atoms with E-state index in [0.717, 1.165) is 40.3 Å². The molecule has 2 aromatic carbocycles. The van der Waals surface area contributed by atoms with Crippen molar-refractivity contribution in [3.05, 3.63) is 83.4 Å². The Labute approximate surface area is 301 Å². The first-order chi connectivity index (χ1) is 24.8. The van der Waals surface area contributed by atoms with Crippen LogP contribution in [0.15, 0.2) is 54.4 Å². The number of nitrogens with zero attached hydrogens (tertiary/aromatic N) is 7. The molecule has 0 saturated heterocycles. The number of pyridine rings is 1. The largest absolute Gasteiger partial charge is 0.489 e. The number of ether oxygens (including phenoxy) is 1. The van der Waals surface area contributed by atoms with Gasteiger partial charge >= 0.3 is 0 Å². The molecule has 2 atom stereocenters. The SMILES string of the molecule is C=CC(=O)N1C[C@H](C)n2nc(-c3nc(-c4ccc5c(c4)nc(C)n5C)c4scc(F)c4c3-c3c(F)cc(F)cc3OC3CC(C)(C#N)C3)cc2[C@H]1C. The summed E-state index contributed by atoms with van der Waals surface area (Å²) in [6.07, 6.45) is 1.53. The lowest BCUT2D eigenvalue weighted by Crippen LogP contribution is -2.42.